The molecule has 2 rings (SSSR count). The van der Waals surface area contributed by atoms with Crippen molar-refractivity contribution in [1.82, 2.24) is 0 Å². The molecule has 0 unspecified atom stereocenters. The van der Waals surface area contributed by atoms with Crippen LogP contribution in [0.3, 0.4) is 0 Å². The van der Waals surface area contributed by atoms with E-state index in [0.29, 0.717) is 0 Å². The van der Waals surface area contributed by atoms with Crippen LogP contribution < -0.4 is 4.90 Å². The number of hydrogen-bond donors (Lipinski definition) is 1. The number of hydrogen-bond acceptors (Lipinski definition) is 3. The highest BCUT2D eigenvalue weighted by molar-refractivity contribution is 5.33. The first-order chi connectivity index (χ1) is 7.75. The lowest BCUT2D eigenvalue weighted by atomic mass is 10.2. The van der Waals surface area contributed by atoms with Crippen molar-refractivity contribution >= 4 is 5.69 Å². The first-order valence-corrected chi connectivity index (χ1v) is 5.40. The second-order valence-corrected chi connectivity index (χ2v) is 3.97. The molecule has 1 aliphatic heterocycles. The topological polar surface area (TPSA) is 56.8 Å². The van der Waals surface area contributed by atoms with E-state index in [2.05, 4.69) is 0 Å². The van der Waals surface area contributed by atoms with Crippen molar-refractivity contribution in [2.75, 3.05) is 26.3 Å². The number of ether oxygens (including phenoxy) is 1. The van der Waals surface area contributed by atoms with E-state index in [4.69, 9.17) is 4.74 Å². The van der Waals surface area contributed by atoms with Gasteiger partial charge in [0.2, 0.25) is 0 Å². The molecule has 1 N–H and O–H groups in total. The second-order valence-electron chi connectivity index (χ2n) is 3.97. The van der Waals surface area contributed by atoms with Crippen molar-refractivity contribution in [1.29, 1.82) is 0 Å². The fourth-order valence-electron chi connectivity index (χ4n) is 1.91. The summed E-state index contributed by atoms with van der Waals surface area (Å²) >= 11 is 0. The van der Waals surface area contributed by atoms with Crippen molar-refractivity contribution in [2.24, 2.45) is 0 Å². The Balaban J connectivity index is 2.02. The molecule has 0 aromatic heterocycles. The minimum Gasteiger partial charge on any atom is -0.370 e. The molecule has 1 fully saturated rings. The summed E-state index contributed by atoms with van der Waals surface area (Å²) in [6, 6.07) is 6.86. The summed E-state index contributed by atoms with van der Waals surface area (Å²) in [5.41, 5.74) is 1.19. The van der Waals surface area contributed by atoms with Crippen molar-refractivity contribution < 1.29 is 14.6 Å². The molecule has 5 heteroatoms. The summed E-state index contributed by atoms with van der Waals surface area (Å²) < 4.78 is 5.27. The van der Waals surface area contributed by atoms with Gasteiger partial charge in [-0.15, -0.1) is 0 Å². The van der Waals surface area contributed by atoms with E-state index in [0.717, 1.165) is 38.4 Å². The van der Waals surface area contributed by atoms with Crippen molar-refractivity contribution in [3.05, 3.63) is 39.9 Å². The summed E-state index contributed by atoms with van der Waals surface area (Å²) in [6.07, 6.45) is 0. The van der Waals surface area contributed by atoms with Gasteiger partial charge >= 0.3 is 0 Å². The molecule has 86 valence electrons. The number of benzene rings is 1. The van der Waals surface area contributed by atoms with Gasteiger partial charge in [-0.2, -0.15) is 0 Å². The van der Waals surface area contributed by atoms with Gasteiger partial charge in [0.15, 0.2) is 0 Å². The maximum Gasteiger partial charge on any atom is 0.269 e. The number of nitrogens with one attached hydrogen (secondary N) is 1. The van der Waals surface area contributed by atoms with E-state index in [9.17, 15) is 10.1 Å². The Morgan fingerprint density at radius 1 is 1.38 bits per heavy atom. The Bertz CT molecular complexity index is 375. The van der Waals surface area contributed by atoms with Crippen LogP contribution in [0.25, 0.3) is 0 Å². The number of rotatable bonds is 3. The molecule has 5 nitrogen and oxygen atoms in total. The third-order valence-corrected chi connectivity index (χ3v) is 2.78. The van der Waals surface area contributed by atoms with E-state index in [1.807, 2.05) is 6.07 Å². The Labute approximate surface area is 93.8 Å². The zero-order valence-electron chi connectivity index (χ0n) is 9.02. The number of quaternary nitrogens is 1. The number of nitrogens with zero attached hydrogens (tertiary/aromatic N) is 1. The zero-order chi connectivity index (χ0) is 11.4. The Hall–Kier alpha value is -1.46. The SMILES string of the molecule is O=[N+]([O-])c1cccc(C[NH+]2CCOCC2)c1. The quantitative estimate of drug-likeness (QED) is 0.580. The van der Waals surface area contributed by atoms with Crippen LogP contribution in [0.4, 0.5) is 5.69 Å². The number of morpholine rings is 1. The molecule has 0 spiro atoms. The minimum absolute atomic E-state index is 0.171. The highest BCUT2D eigenvalue weighted by atomic mass is 16.6. The molecule has 1 aliphatic rings. The normalized spacial score (nSPS) is 17.2. The van der Waals surface area contributed by atoms with Gasteiger partial charge in [-0.05, 0) is 0 Å². The van der Waals surface area contributed by atoms with Crippen LogP contribution in [0, 0.1) is 10.1 Å². The van der Waals surface area contributed by atoms with Crippen LogP contribution in [-0.2, 0) is 11.3 Å². The lowest BCUT2D eigenvalue weighted by molar-refractivity contribution is -0.921. The fourth-order valence-corrected chi connectivity index (χ4v) is 1.91. The van der Waals surface area contributed by atoms with Crippen molar-refractivity contribution in [3.8, 4) is 0 Å². The molecule has 0 atom stereocenters. The Morgan fingerprint density at radius 2 is 2.12 bits per heavy atom. The van der Waals surface area contributed by atoms with Gasteiger partial charge < -0.3 is 9.64 Å². The average Bonchev–Trinajstić information content (AvgIpc) is 2.30. The summed E-state index contributed by atoms with van der Waals surface area (Å²) in [4.78, 5) is 11.7. The second kappa shape index (κ2) is 5.05. The monoisotopic (exact) mass is 223 g/mol. The standard InChI is InChI=1S/C11H14N2O3/c14-13(15)11-3-1-2-10(8-11)9-12-4-6-16-7-5-12/h1-3,8H,4-7,9H2/p+1. The van der Waals surface area contributed by atoms with Gasteiger partial charge in [0.1, 0.15) is 19.6 Å². The summed E-state index contributed by atoms with van der Waals surface area (Å²) in [5.74, 6) is 0. The predicted molar refractivity (Wildman–Crippen MR) is 58.3 cm³/mol. The zero-order valence-corrected chi connectivity index (χ0v) is 9.02. The Kier molecular flexibility index (Phi) is 3.48. The largest absolute Gasteiger partial charge is 0.370 e. The molecule has 0 saturated carbocycles. The highest BCUT2D eigenvalue weighted by Crippen LogP contribution is 2.12. The lowest BCUT2D eigenvalue weighted by Crippen LogP contribution is -3.12. The van der Waals surface area contributed by atoms with Crippen LogP contribution in [0.5, 0.6) is 0 Å². The molecule has 1 saturated heterocycles. The van der Waals surface area contributed by atoms with Gasteiger partial charge in [-0.25, -0.2) is 0 Å². The van der Waals surface area contributed by atoms with Crippen molar-refractivity contribution in [3.63, 3.8) is 0 Å². The summed E-state index contributed by atoms with van der Waals surface area (Å²) in [5, 5.41) is 10.6. The van der Waals surface area contributed by atoms with Crippen LogP contribution in [0.2, 0.25) is 0 Å². The third kappa shape index (κ3) is 2.77. The number of nitro benzene ring substituents is 1. The number of non-ortho nitro benzene ring substituents is 1. The molecule has 1 heterocycles. The molecular weight excluding hydrogens is 208 g/mol. The van der Waals surface area contributed by atoms with E-state index in [-0.39, 0.29) is 10.6 Å². The van der Waals surface area contributed by atoms with E-state index in [1.165, 1.54) is 11.0 Å². The maximum atomic E-state index is 10.6. The molecule has 0 aliphatic carbocycles. The molecule has 1 aromatic carbocycles. The molecular formula is C11H15N2O3+. The Morgan fingerprint density at radius 3 is 2.81 bits per heavy atom. The van der Waals surface area contributed by atoms with Gasteiger partial charge in [-0.3, -0.25) is 10.1 Å². The van der Waals surface area contributed by atoms with E-state index >= 15 is 0 Å². The molecule has 1 aromatic rings. The highest BCUT2D eigenvalue weighted by Gasteiger charge is 2.15. The third-order valence-electron chi connectivity index (χ3n) is 2.78. The lowest BCUT2D eigenvalue weighted by Gasteiger charge is -2.23. The van der Waals surface area contributed by atoms with E-state index in [1.54, 1.807) is 12.1 Å². The molecule has 16 heavy (non-hydrogen) atoms. The summed E-state index contributed by atoms with van der Waals surface area (Å²) in [6.45, 7) is 4.35. The van der Waals surface area contributed by atoms with E-state index < -0.39 is 0 Å². The van der Waals surface area contributed by atoms with Crippen LogP contribution in [0.1, 0.15) is 5.56 Å². The average molecular weight is 223 g/mol. The first-order valence-electron chi connectivity index (χ1n) is 5.40. The minimum atomic E-state index is -0.349. The maximum absolute atomic E-state index is 10.6. The molecule has 0 radical (unpaired) electrons. The fraction of sp³-hybridized carbons (Fsp3) is 0.455. The van der Waals surface area contributed by atoms with Gasteiger partial charge in [0, 0.05) is 17.7 Å². The van der Waals surface area contributed by atoms with Gasteiger partial charge in [0.05, 0.1) is 18.1 Å². The molecule has 0 bridgehead atoms. The van der Waals surface area contributed by atoms with Crippen molar-refractivity contribution in [2.45, 2.75) is 6.54 Å². The van der Waals surface area contributed by atoms with Crippen LogP contribution in [-0.4, -0.2) is 31.2 Å². The first kappa shape index (κ1) is 11.0. The van der Waals surface area contributed by atoms with Crippen LogP contribution >= 0.6 is 0 Å². The summed E-state index contributed by atoms with van der Waals surface area (Å²) in [7, 11) is 0. The number of nitro groups is 1. The predicted octanol–water partition coefficient (Wildman–Crippen LogP) is 0.00990. The van der Waals surface area contributed by atoms with Gasteiger partial charge in [-0.1, -0.05) is 12.1 Å². The smallest absolute Gasteiger partial charge is 0.269 e. The molecule has 0 amide bonds. The van der Waals surface area contributed by atoms with Crippen LogP contribution in [0.15, 0.2) is 24.3 Å². The van der Waals surface area contributed by atoms with Gasteiger partial charge in [0.25, 0.3) is 5.69 Å².